The number of carbonyl (C=O) groups is 1. The second-order valence-corrected chi connectivity index (χ2v) is 5.43. The number of thiazole rings is 1. The van der Waals surface area contributed by atoms with Crippen molar-refractivity contribution in [2.24, 2.45) is 5.73 Å². The van der Waals surface area contributed by atoms with Gasteiger partial charge in [0.25, 0.3) is 0 Å². The van der Waals surface area contributed by atoms with E-state index < -0.39 is 0 Å². The fourth-order valence-corrected chi connectivity index (χ4v) is 3.17. The molecule has 0 bridgehead atoms. The van der Waals surface area contributed by atoms with E-state index in [1.807, 2.05) is 11.8 Å². The minimum atomic E-state index is 0.186. The van der Waals surface area contributed by atoms with Crippen LogP contribution in [0.15, 0.2) is 5.38 Å². The quantitative estimate of drug-likeness (QED) is 0.888. The number of hydrogen-bond donors (Lipinski definition) is 1. The van der Waals surface area contributed by atoms with Gasteiger partial charge in [-0.1, -0.05) is 0 Å². The van der Waals surface area contributed by atoms with Crippen LogP contribution in [-0.4, -0.2) is 35.4 Å². The Kier molecular flexibility index (Phi) is 4.12. The zero-order valence-corrected chi connectivity index (χ0v) is 11.0. The summed E-state index contributed by atoms with van der Waals surface area (Å²) in [6.45, 7) is 4.14. The van der Waals surface area contributed by atoms with Gasteiger partial charge in [0.2, 0.25) is 5.91 Å². The first kappa shape index (κ1) is 12.5. The highest BCUT2D eigenvalue weighted by molar-refractivity contribution is 7.09. The van der Waals surface area contributed by atoms with Gasteiger partial charge in [-0.3, -0.25) is 4.79 Å². The Morgan fingerprint density at radius 2 is 2.53 bits per heavy atom. The van der Waals surface area contributed by atoms with Crippen molar-refractivity contribution in [3.63, 3.8) is 0 Å². The summed E-state index contributed by atoms with van der Waals surface area (Å²) in [5.41, 5.74) is 6.51. The van der Waals surface area contributed by atoms with E-state index in [0.29, 0.717) is 18.9 Å². The minimum Gasteiger partial charge on any atom is -0.342 e. The molecule has 1 aliphatic rings. The molecule has 1 atom stereocenters. The number of carbonyl (C=O) groups excluding carboxylic acids is 1. The number of hydrogen-bond acceptors (Lipinski definition) is 4. The molecule has 0 aromatic carbocycles. The van der Waals surface area contributed by atoms with Crippen molar-refractivity contribution in [2.75, 3.05) is 19.6 Å². The van der Waals surface area contributed by atoms with Crippen molar-refractivity contribution < 1.29 is 4.79 Å². The number of rotatable bonds is 3. The van der Waals surface area contributed by atoms with E-state index in [-0.39, 0.29) is 5.91 Å². The van der Waals surface area contributed by atoms with Gasteiger partial charge in [0.1, 0.15) is 0 Å². The lowest BCUT2D eigenvalue weighted by Gasteiger charge is -2.31. The molecule has 1 aromatic heterocycles. The lowest BCUT2D eigenvalue weighted by molar-refractivity contribution is -0.132. The van der Waals surface area contributed by atoms with Crippen molar-refractivity contribution in [1.29, 1.82) is 0 Å². The topological polar surface area (TPSA) is 59.2 Å². The molecule has 94 valence electrons. The fourth-order valence-electron chi connectivity index (χ4n) is 2.25. The average molecular weight is 253 g/mol. The zero-order chi connectivity index (χ0) is 12.3. The molecule has 0 spiro atoms. The van der Waals surface area contributed by atoms with Gasteiger partial charge in [0.05, 0.1) is 5.01 Å². The third-order valence-electron chi connectivity index (χ3n) is 3.12. The molecule has 17 heavy (non-hydrogen) atoms. The van der Waals surface area contributed by atoms with Gasteiger partial charge in [-0.05, 0) is 19.8 Å². The smallest absolute Gasteiger partial charge is 0.223 e. The molecule has 2 heterocycles. The van der Waals surface area contributed by atoms with Crippen LogP contribution in [0.4, 0.5) is 0 Å². The first-order valence-electron chi connectivity index (χ1n) is 6.10. The van der Waals surface area contributed by atoms with E-state index in [4.69, 9.17) is 5.73 Å². The Labute approximate surface area is 106 Å². The number of aryl methyl sites for hydroxylation is 1. The van der Waals surface area contributed by atoms with E-state index in [1.54, 1.807) is 11.3 Å². The maximum Gasteiger partial charge on any atom is 0.223 e. The van der Waals surface area contributed by atoms with Gasteiger partial charge in [-0.15, -0.1) is 11.3 Å². The second-order valence-electron chi connectivity index (χ2n) is 4.54. The third kappa shape index (κ3) is 3.04. The van der Waals surface area contributed by atoms with Crippen molar-refractivity contribution >= 4 is 17.2 Å². The summed E-state index contributed by atoms with van der Waals surface area (Å²) in [5.74, 6) is 0.606. The van der Waals surface area contributed by atoms with E-state index in [1.165, 1.54) is 5.01 Å². The SMILES string of the molecule is Cc1csc(C2CCCN(C(=O)CCN)C2)n1. The molecule has 1 amide bonds. The first-order valence-corrected chi connectivity index (χ1v) is 6.98. The highest BCUT2D eigenvalue weighted by Crippen LogP contribution is 2.29. The van der Waals surface area contributed by atoms with Crippen LogP contribution in [0.3, 0.4) is 0 Å². The third-order valence-corrected chi connectivity index (χ3v) is 4.24. The molecule has 4 nitrogen and oxygen atoms in total. The molecule has 0 aliphatic carbocycles. The summed E-state index contributed by atoms with van der Waals surface area (Å²) in [4.78, 5) is 18.3. The van der Waals surface area contributed by atoms with Crippen LogP contribution in [0.1, 0.15) is 35.9 Å². The molecule has 0 radical (unpaired) electrons. The van der Waals surface area contributed by atoms with Crippen molar-refractivity contribution in [3.05, 3.63) is 16.1 Å². The molecule has 2 N–H and O–H groups in total. The van der Waals surface area contributed by atoms with E-state index in [0.717, 1.165) is 31.6 Å². The lowest BCUT2D eigenvalue weighted by Crippen LogP contribution is -2.39. The predicted octanol–water partition coefficient (Wildman–Crippen LogP) is 1.51. The first-order chi connectivity index (χ1) is 8.20. The van der Waals surface area contributed by atoms with Crippen LogP contribution >= 0.6 is 11.3 Å². The van der Waals surface area contributed by atoms with E-state index in [2.05, 4.69) is 10.4 Å². The molecule has 1 aromatic rings. The summed E-state index contributed by atoms with van der Waals surface area (Å²) in [6.07, 6.45) is 2.67. The molecular formula is C12H19N3OS. The van der Waals surface area contributed by atoms with Crippen LogP contribution < -0.4 is 5.73 Å². The Bertz CT molecular complexity index is 391. The average Bonchev–Trinajstić information content (AvgIpc) is 2.76. The molecule has 2 rings (SSSR count). The van der Waals surface area contributed by atoms with Crippen LogP contribution in [0.5, 0.6) is 0 Å². The molecule has 1 unspecified atom stereocenters. The highest BCUT2D eigenvalue weighted by atomic mass is 32.1. The molecule has 5 heteroatoms. The van der Waals surface area contributed by atoms with Crippen LogP contribution in [-0.2, 0) is 4.79 Å². The summed E-state index contributed by atoms with van der Waals surface area (Å²) in [5, 5.41) is 3.25. The Hall–Kier alpha value is -0.940. The van der Waals surface area contributed by atoms with Crippen LogP contribution in [0.25, 0.3) is 0 Å². The van der Waals surface area contributed by atoms with Gasteiger partial charge in [0, 0.05) is 43.0 Å². The molecule has 1 saturated heterocycles. The summed E-state index contributed by atoms with van der Waals surface area (Å²) in [6, 6.07) is 0. The molecular weight excluding hydrogens is 234 g/mol. The predicted molar refractivity (Wildman–Crippen MR) is 69.1 cm³/mol. The number of likely N-dealkylation sites (tertiary alicyclic amines) is 1. The van der Waals surface area contributed by atoms with Gasteiger partial charge < -0.3 is 10.6 Å². The molecule has 0 saturated carbocycles. The largest absolute Gasteiger partial charge is 0.342 e. The number of amides is 1. The van der Waals surface area contributed by atoms with Crippen molar-refractivity contribution in [1.82, 2.24) is 9.88 Å². The Morgan fingerprint density at radius 1 is 1.71 bits per heavy atom. The van der Waals surface area contributed by atoms with Gasteiger partial charge in [-0.2, -0.15) is 0 Å². The van der Waals surface area contributed by atoms with Crippen molar-refractivity contribution in [3.8, 4) is 0 Å². The van der Waals surface area contributed by atoms with E-state index in [9.17, 15) is 4.79 Å². The maximum absolute atomic E-state index is 11.8. The normalized spacial score (nSPS) is 20.6. The molecule has 1 fully saturated rings. The zero-order valence-electron chi connectivity index (χ0n) is 10.2. The Morgan fingerprint density at radius 3 is 3.18 bits per heavy atom. The van der Waals surface area contributed by atoms with Gasteiger partial charge >= 0.3 is 0 Å². The standard InChI is InChI=1S/C12H19N3OS/c1-9-8-17-12(14-9)10-3-2-6-15(7-10)11(16)4-5-13/h8,10H,2-7,13H2,1H3. The summed E-state index contributed by atoms with van der Waals surface area (Å²) < 4.78 is 0. The molecule has 1 aliphatic heterocycles. The van der Waals surface area contributed by atoms with Crippen LogP contribution in [0.2, 0.25) is 0 Å². The summed E-state index contributed by atoms with van der Waals surface area (Å²) >= 11 is 1.71. The lowest BCUT2D eigenvalue weighted by atomic mass is 9.98. The number of aromatic nitrogens is 1. The second kappa shape index (κ2) is 5.60. The van der Waals surface area contributed by atoms with E-state index >= 15 is 0 Å². The number of nitrogens with two attached hydrogens (primary N) is 1. The highest BCUT2D eigenvalue weighted by Gasteiger charge is 2.25. The number of piperidine rings is 1. The minimum absolute atomic E-state index is 0.186. The Balaban J connectivity index is 1.99. The monoisotopic (exact) mass is 253 g/mol. The van der Waals surface area contributed by atoms with Gasteiger partial charge in [-0.25, -0.2) is 4.98 Å². The number of nitrogens with zero attached hydrogens (tertiary/aromatic N) is 2. The maximum atomic E-state index is 11.8. The summed E-state index contributed by atoms with van der Waals surface area (Å²) in [7, 11) is 0. The van der Waals surface area contributed by atoms with Gasteiger partial charge in [0.15, 0.2) is 0 Å². The van der Waals surface area contributed by atoms with Crippen LogP contribution in [0, 0.1) is 6.92 Å². The van der Waals surface area contributed by atoms with Crippen molar-refractivity contribution in [2.45, 2.75) is 32.1 Å². The fraction of sp³-hybridized carbons (Fsp3) is 0.667.